The number of aliphatic hydroxyl groups is 1. The summed E-state index contributed by atoms with van der Waals surface area (Å²) in [6.07, 6.45) is 4.53. The third-order valence-electron chi connectivity index (χ3n) is 4.40. The highest BCUT2D eigenvalue weighted by Gasteiger charge is 2.41. The molecule has 1 aliphatic carbocycles. The topological polar surface area (TPSA) is 52.6 Å². The van der Waals surface area contributed by atoms with E-state index in [1.807, 2.05) is 14.0 Å². The molecular formula is C13H24N2O2. The Morgan fingerprint density at radius 2 is 2.12 bits per heavy atom. The minimum atomic E-state index is -0.337. The molecule has 1 amide bonds. The Morgan fingerprint density at radius 1 is 1.41 bits per heavy atom. The van der Waals surface area contributed by atoms with Crippen LogP contribution in [0.2, 0.25) is 0 Å². The van der Waals surface area contributed by atoms with Gasteiger partial charge in [0.25, 0.3) is 0 Å². The molecule has 1 saturated heterocycles. The van der Waals surface area contributed by atoms with E-state index in [1.165, 1.54) is 0 Å². The molecule has 0 aromatic rings. The number of hydrogen-bond acceptors (Lipinski definition) is 3. The first-order valence-electron chi connectivity index (χ1n) is 6.71. The molecule has 2 aliphatic rings. The van der Waals surface area contributed by atoms with Gasteiger partial charge in [-0.05, 0) is 32.7 Å². The van der Waals surface area contributed by atoms with Crippen LogP contribution in [0.4, 0.5) is 0 Å². The van der Waals surface area contributed by atoms with Gasteiger partial charge in [-0.25, -0.2) is 0 Å². The summed E-state index contributed by atoms with van der Waals surface area (Å²) in [5, 5.41) is 13.3. The summed E-state index contributed by atoms with van der Waals surface area (Å²) in [6.45, 7) is 3.71. The van der Waals surface area contributed by atoms with Crippen LogP contribution in [0.3, 0.4) is 0 Å². The van der Waals surface area contributed by atoms with Crippen molar-refractivity contribution in [1.82, 2.24) is 10.2 Å². The van der Waals surface area contributed by atoms with Gasteiger partial charge in [-0.15, -0.1) is 0 Å². The van der Waals surface area contributed by atoms with E-state index in [9.17, 15) is 9.90 Å². The fourth-order valence-electron chi connectivity index (χ4n) is 3.12. The van der Waals surface area contributed by atoms with Gasteiger partial charge in [0.15, 0.2) is 0 Å². The highest BCUT2D eigenvalue weighted by atomic mass is 16.3. The van der Waals surface area contributed by atoms with Crippen LogP contribution < -0.4 is 5.32 Å². The van der Waals surface area contributed by atoms with Crippen molar-refractivity contribution in [2.45, 2.75) is 51.2 Å². The SMILES string of the molecule is CN(C(=O)C1(C)CCNC1)C1CCCCC1O. The fourth-order valence-corrected chi connectivity index (χ4v) is 3.12. The summed E-state index contributed by atoms with van der Waals surface area (Å²) in [5.41, 5.74) is -0.272. The summed E-state index contributed by atoms with van der Waals surface area (Å²) in [5.74, 6) is 0.188. The molecule has 0 bridgehead atoms. The molecule has 0 aromatic carbocycles. The molecule has 1 saturated carbocycles. The van der Waals surface area contributed by atoms with Crippen LogP contribution in [-0.2, 0) is 4.79 Å². The molecule has 4 nitrogen and oxygen atoms in total. The zero-order chi connectivity index (χ0) is 12.5. The second kappa shape index (κ2) is 4.94. The Balaban J connectivity index is 2.03. The molecule has 2 rings (SSSR count). The van der Waals surface area contributed by atoms with Gasteiger partial charge in [-0.3, -0.25) is 4.79 Å². The van der Waals surface area contributed by atoms with Crippen LogP contribution in [-0.4, -0.2) is 48.2 Å². The largest absolute Gasteiger partial charge is 0.391 e. The highest BCUT2D eigenvalue weighted by Crippen LogP contribution is 2.30. The van der Waals surface area contributed by atoms with E-state index in [4.69, 9.17) is 0 Å². The summed E-state index contributed by atoms with van der Waals surface area (Å²) in [6, 6.07) is 0.0219. The molecule has 0 spiro atoms. The first-order chi connectivity index (χ1) is 8.04. The minimum Gasteiger partial charge on any atom is -0.391 e. The molecule has 3 atom stereocenters. The van der Waals surface area contributed by atoms with Crippen LogP contribution in [0.25, 0.3) is 0 Å². The van der Waals surface area contributed by atoms with Gasteiger partial charge in [0.05, 0.1) is 17.6 Å². The van der Waals surface area contributed by atoms with Crippen LogP contribution in [0.1, 0.15) is 39.0 Å². The highest BCUT2D eigenvalue weighted by molar-refractivity contribution is 5.83. The Kier molecular flexibility index (Phi) is 3.73. The normalized spacial score (nSPS) is 38.1. The van der Waals surface area contributed by atoms with Crippen LogP contribution in [0.15, 0.2) is 0 Å². The number of nitrogens with zero attached hydrogens (tertiary/aromatic N) is 1. The van der Waals surface area contributed by atoms with Gasteiger partial charge in [0, 0.05) is 13.6 Å². The zero-order valence-electron chi connectivity index (χ0n) is 10.9. The Morgan fingerprint density at radius 3 is 2.71 bits per heavy atom. The van der Waals surface area contributed by atoms with E-state index in [0.717, 1.165) is 45.2 Å². The van der Waals surface area contributed by atoms with Crippen molar-refractivity contribution < 1.29 is 9.90 Å². The molecule has 1 aliphatic heterocycles. The minimum absolute atomic E-state index is 0.0219. The quantitative estimate of drug-likeness (QED) is 0.749. The first-order valence-corrected chi connectivity index (χ1v) is 6.71. The van der Waals surface area contributed by atoms with Gasteiger partial charge in [-0.2, -0.15) is 0 Å². The molecule has 2 N–H and O–H groups in total. The van der Waals surface area contributed by atoms with Gasteiger partial charge in [0.1, 0.15) is 0 Å². The van der Waals surface area contributed by atoms with Crippen molar-refractivity contribution in [3.05, 3.63) is 0 Å². The second-order valence-electron chi connectivity index (χ2n) is 5.82. The maximum absolute atomic E-state index is 12.5. The molecule has 2 fully saturated rings. The smallest absolute Gasteiger partial charge is 0.229 e. The molecule has 0 aromatic heterocycles. The fraction of sp³-hybridized carbons (Fsp3) is 0.923. The number of nitrogens with one attached hydrogen (secondary N) is 1. The molecule has 4 heteroatoms. The number of hydrogen-bond donors (Lipinski definition) is 2. The van der Waals surface area contributed by atoms with Crippen molar-refractivity contribution in [1.29, 1.82) is 0 Å². The average molecular weight is 240 g/mol. The molecule has 17 heavy (non-hydrogen) atoms. The van der Waals surface area contributed by atoms with Gasteiger partial charge in [-0.1, -0.05) is 12.8 Å². The number of rotatable bonds is 2. The Hall–Kier alpha value is -0.610. The summed E-state index contributed by atoms with van der Waals surface area (Å²) >= 11 is 0. The average Bonchev–Trinajstić information content (AvgIpc) is 2.76. The summed E-state index contributed by atoms with van der Waals surface area (Å²) in [4.78, 5) is 14.3. The van der Waals surface area contributed by atoms with Crippen LogP contribution in [0.5, 0.6) is 0 Å². The van der Waals surface area contributed by atoms with Crippen molar-refractivity contribution in [2.24, 2.45) is 5.41 Å². The van der Waals surface area contributed by atoms with E-state index in [1.54, 1.807) is 4.90 Å². The lowest BCUT2D eigenvalue weighted by Crippen LogP contribution is -2.51. The monoisotopic (exact) mass is 240 g/mol. The number of likely N-dealkylation sites (N-methyl/N-ethyl adjacent to an activating group) is 1. The molecule has 1 heterocycles. The lowest BCUT2D eigenvalue weighted by Gasteiger charge is -2.38. The van der Waals surface area contributed by atoms with Crippen molar-refractivity contribution >= 4 is 5.91 Å². The Labute approximate surface area is 103 Å². The standard InChI is InChI=1S/C13H24N2O2/c1-13(7-8-14-9-13)12(17)15(2)10-5-3-4-6-11(10)16/h10-11,14,16H,3-9H2,1-2H3. The van der Waals surface area contributed by atoms with E-state index in [-0.39, 0.29) is 23.5 Å². The second-order valence-corrected chi connectivity index (χ2v) is 5.82. The summed E-state index contributed by atoms with van der Waals surface area (Å²) in [7, 11) is 1.85. The third kappa shape index (κ3) is 2.47. The maximum Gasteiger partial charge on any atom is 0.229 e. The summed E-state index contributed by atoms with van der Waals surface area (Å²) < 4.78 is 0. The molecular weight excluding hydrogens is 216 g/mol. The first kappa shape index (κ1) is 12.8. The van der Waals surface area contributed by atoms with E-state index >= 15 is 0 Å². The van der Waals surface area contributed by atoms with Gasteiger partial charge < -0.3 is 15.3 Å². The number of carbonyl (C=O) groups excluding carboxylic acids is 1. The van der Waals surface area contributed by atoms with Crippen molar-refractivity contribution in [2.75, 3.05) is 20.1 Å². The predicted octanol–water partition coefficient (Wildman–Crippen LogP) is 0.748. The molecule has 0 radical (unpaired) electrons. The lowest BCUT2D eigenvalue weighted by atomic mass is 9.85. The van der Waals surface area contributed by atoms with Crippen LogP contribution >= 0.6 is 0 Å². The number of carbonyl (C=O) groups is 1. The van der Waals surface area contributed by atoms with Gasteiger partial charge >= 0.3 is 0 Å². The molecule has 98 valence electrons. The van der Waals surface area contributed by atoms with Crippen molar-refractivity contribution in [3.63, 3.8) is 0 Å². The van der Waals surface area contributed by atoms with Crippen LogP contribution in [0, 0.1) is 5.41 Å². The predicted molar refractivity (Wildman–Crippen MR) is 66.6 cm³/mol. The number of amides is 1. The third-order valence-corrected chi connectivity index (χ3v) is 4.40. The lowest BCUT2D eigenvalue weighted by molar-refractivity contribution is -0.144. The zero-order valence-corrected chi connectivity index (χ0v) is 10.9. The Bertz CT molecular complexity index is 287. The molecule has 3 unspecified atom stereocenters. The van der Waals surface area contributed by atoms with E-state index in [2.05, 4.69) is 5.32 Å². The van der Waals surface area contributed by atoms with Gasteiger partial charge in [0.2, 0.25) is 5.91 Å². The van der Waals surface area contributed by atoms with Crippen molar-refractivity contribution in [3.8, 4) is 0 Å². The number of aliphatic hydroxyl groups excluding tert-OH is 1. The van der Waals surface area contributed by atoms with E-state index < -0.39 is 0 Å². The van der Waals surface area contributed by atoms with E-state index in [0.29, 0.717) is 0 Å². The maximum atomic E-state index is 12.5.